The molecule has 70 valence electrons. The second-order valence-electron chi connectivity index (χ2n) is 2.78. The van der Waals surface area contributed by atoms with E-state index in [9.17, 15) is 13.2 Å². The van der Waals surface area contributed by atoms with Crippen LogP contribution in [0.5, 0.6) is 0 Å². The van der Waals surface area contributed by atoms with Crippen LogP contribution in [0.25, 0.3) is 0 Å². The standard InChI is InChI=1S/C6H9ClO4S/c1-11-5(8)6(3-2-4-6)12(7,9)10/h2-4H2,1H3. The Kier molecular flexibility index (Phi) is 2.35. The molecule has 0 aliphatic heterocycles. The number of esters is 1. The van der Waals surface area contributed by atoms with Gasteiger partial charge in [0.05, 0.1) is 7.11 Å². The smallest absolute Gasteiger partial charge is 0.328 e. The van der Waals surface area contributed by atoms with Crippen molar-refractivity contribution in [1.82, 2.24) is 0 Å². The van der Waals surface area contributed by atoms with Gasteiger partial charge in [-0.15, -0.1) is 0 Å². The van der Waals surface area contributed by atoms with Gasteiger partial charge >= 0.3 is 5.97 Å². The van der Waals surface area contributed by atoms with Gasteiger partial charge in [-0.2, -0.15) is 0 Å². The summed E-state index contributed by atoms with van der Waals surface area (Å²) < 4.78 is 24.9. The third-order valence-corrected chi connectivity index (χ3v) is 4.58. The molecule has 1 rings (SSSR count). The third-order valence-electron chi connectivity index (χ3n) is 2.19. The number of carbonyl (C=O) groups excluding carboxylic acids is 1. The van der Waals surface area contributed by atoms with Crippen molar-refractivity contribution in [3.63, 3.8) is 0 Å². The first-order valence-electron chi connectivity index (χ1n) is 3.47. The molecule has 1 aliphatic carbocycles. The number of methoxy groups -OCH3 is 1. The zero-order valence-electron chi connectivity index (χ0n) is 6.54. The summed E-state index contributed by atoms with van der Waals surface area (Å²) in [6.07, 6.45) is 1.23. The first kappa shape index (κ1) is 9.80. The molecule has 1 saturated carbocycles. The second kappa shape index (κ2) is 2.88. The third kappa shape index (κ3) is 1.21. The van der Waals surface area contributed by atoms with Gasteiger partial charge in [0, 0.05) is 10.7 Å². The van der Waals surface area contributed by atoms with Crippen molar-refractivity contribution in [1.29, 1.82) is 0 Å². The molecule has 0 unspecified atom stereocenters. The second-order valence-corrected chi connectivity index (χ2v) is 5.65. The molecule has 0 bridgehead atoms. The predicted octanol–water partition coefficient (Wildman–Crippen LogP) is 0.651. The number of rotatable bonds is 2. The molecule has 0 atom stereocenters. The largest absolute Gasteiger partial charge is 0.468 e. The fraction of sp³-hybridized carbons (Fsp3) is 0.833. The molecule has 0 aromatic carbocycles. The van der Waals surface area contributed by atoms with Gasteiger partial charge in [-0.3, -0.25) is 4.79 Å². The van der Waals surface area contributed by atoms with E-state index >= 15 is 0 Å². The summed E-state index contributed by atoms with van der Waals surface area (Å²) in [6, 6.07) is 0. The highest BCUT2D eigenvalue weighted by molar-refractivity contribution is 8.15. The Morgan fingerprint density at radius 3 is 2.08 bits per heavy atom. The average Bonchev–Trinajstić information content (AvgIpc) is 1.81. The molecule has 12 heavy (non-hydrogen) atoms. The fourth-order valence-corrected chi connectivity index (χ4v) is 2.94. The minimum absolute atomic E-state index is 0.269. The Bertz CT molecular complexity index is 291. The Morgan fingerprint density at radius 1 is 1.50 bits per heavy atom. The Morgan fingerprint density at radius 2 is 2.00 bits per heavy atom. The molecule has 0 heterocycles. The molecular formula is C6H9ClO4S. The van der Waals surface area contributed by atoms with Gasteiger partial charge in [0.2, 0.25) is 9.05 Å². The van der Waals surface area contributed by atoms with Crippen molar-refractivity contribution in [2.45, 2.75) is 24.0 Å². The molecule has 0 amide bonds. The lowest BCUT2D eigenvalue weighted by molar-refractivity contribution is -0.146. The normalized spacial score (nSPS) is 21.2. The molecule has 0 aromatic heterocycles. The maximum absolute atomic E-state index is 11.1. The van der Waals surface area contributed by atoms with E-state index in [0.29, 0.717) is 6.42 Å². The maximum Gasteiger partial charge on any atom is 0.328 e. The lowest BCUT2D eigenvalue weighted by Gasteiger charge is -2.35. The summed E-state index contributed by atoms with van der Waals surface area (Å²) in [5.41, 5.74) is 0. The summed E-state index contributed by atoms with van der Waals surface area (Å²) in [7, 11) is 2.45. The van der Waals surface area contributed by atoms with E-state index in [1.807, 2.05) is 0 Å². The lowest BCUT2D eigenvalue weighted by Crippen LogP contribution is -2.50. The minimum Gasteiger partial charge on any atom is -0.468 e. The summed E-state index contributed by atoms with van der Waals surface area (Å²) in [5, 5.41) is 0. The van der Waals surface area contributed by atoms with Gasteiger partial charge in [0.15, 0.2) is 4.75 Å². The van der Waals surface area contributed by atoms with E-state index in [-0.39, 0.29) is 12.8 Å². The van der Waals surface area contributed by atoms with Crippen LogP contribution in [0.3, 0.4) is 0 Å². The number of hydrogen-bond acceptors (Lipinski definition) is 4. The summed E-state index contributed by atoms with van der Waals surface area (Å²) in [4.78, 5) is 11.1. The van der Waals surface area contributed by atoms with Crippen LogP contribution in [0.4, 0.5) is 0 Å². The molecule has 0 spiro atoms. The van der Waals surface area contributed by atoms with E-state index in [2.05, 4.69) is 4.74 Å². The van der Waals surface area contributed by atoms with Crippen LogP contribution in [-0.4, -0.2) is 26.2 Å². The fourth-order valence-electron chi connectivity index (χ4n) is 1.23. The molecule has 6 heteroatoms. The number of halogens is 1. The first-order chi connectivity index (χ1) is 5.44. The topological polar surface area (TPSA) is 60.4 Å². The molecule has 1 fully saturated rings. The van der Waals surface area contributed by atoms with E-state index in [1.54, 1.807) is 0 Å². The monoisotopic (exact) mass is 212 g/mol. The Labute approximate surface area is 75.3 Å². The van der Waals surface area contributed by atoms with E-state index < -0.39 is 19.8 Å². The molecule has 0 aromatic rings. The highest BCUT2D eigenvalue weighted by Crippen LogP contribution is 2.42. The molecule has 1 aliphatic rings. The van der Waals surface area contributed by atoms with Gasteiger partial charge in [-0.1, -0.05) is 0 Å². The summed E-state index contributed by atoms with van der Waals surface area (Å²) >= 11 is 0. The van der Waals surface area contributed by atoms with Gasteiger partial charge in [0.25, 0.3) is 0 Å². The first-order valence-corrected chi connectivity index (χ1v) is 5.77. The lowest BCUT2D eigenvalue weighted by atomic mass is 9.84. The van der Waals surface area contributed by atoms with Crippen LogP contribution < -0.4 is 0 Å². The van der Waals surface area contributed by atoms with E-state index in [0.717, 1.165) is 7.11 Å². The van der Waals surface area contributed by atoms with Crippen molar-refractivity contribution in [3.05, 3.63) is 0 Å². The number of ether oxygens (including phenoxy) is 1. The zero-order chi connectivity index (χ0) is 9.41. The zero-order valence-corrected chi connectivity index (χ0v) is 8.11. The van der Waals surface area contributed by atoms with Gasteiger partial charge in [-0.05, 0) is 19.3 Å². The van der Waals surface area contributed by atoms with Gasteiger partial charge in [0.1, 0.15) is 0 Å². The van der Waals surface area contributed by atoms with E-state index in [1.165, 1.54) is 0 Å². The molecule has 0 radical (unpaired) electrons. The van der Waals surface area contributed by atoms with Gasteiger partial charge in [-0.25, -0.2) is 8.42 Å². The predicted molar refractivity (Wildman–Crippen MR) is 43.4 cm³/mol. The maximum atomic E-state index is 11.1. The SMILES string of the molecule is COC(=O)C1(S(=O)(=O)Cl)CCC1. The van der Waals surface area contributed by atoms with Crippen LogP contribution in [0.1, 0.15) is 19.3 Å². The number of hydrogen-bond donors (Lipinski definition) is 0. The molecule has 4 nitrogen and oxygen atoms in total. The van der Waals surface area contributed by atoms with Crippen molar-refractivity contribution < 1.29 is 17.9 Å². The van der Waals surface area contributed by atoms with E-state index in [4.69, 9.17) is 10.7 Å². The average molecular weight is 213 g/mol. The quantitative estimate of drug-likeness (QED) is 0.498. The van der Waals surface area contributed by atoms with Crippen LogP contribution >= 0.6 is 10.7 Å². The number of carbonyl (C=O) groups is 1. The highest BCUT2D eigenvalue weighted by atomic mass is 35.7. The van der Waals surface area contributed by atoms with Crippen LogP contribution in [0, 0.1) is 0 Å². The molecule has 0 saturated heterocycles. The van der Waals surface area contributed by atoms with Crippen LogP contribution in [0.15, 0.2) is 0 Å². The summed E-state index contributed by atoms with van der Waals surface area (Å²) in [6.45, 7) is 0. The Hall–Kier alpha value is -0.290. The van der Waals surface area contributed by atoms with Crippen LogP contribution in [0.2, 0.25) is 0 Å². The summed E-state index contributed by atoms with van der Waals surface area (Å²) in [5.74, 6) is -0.747. The van der Waals surface area contributed by atoms with Crippen molar-refractivity contribution in [2.75, 3.05) is 7.11 Å². The molecule has 0 N–H and O–H groups in total. The minimum atomic E-state index is -3.84. The van der Waals surface area contributed by atoms with Crippen molar-refractivity contribution in [2.24, 2.45) is 0 Å². The van der Waals surface area contributed by atoms with Crippen LogP contribution in [-0.2, 0) is 18.6 Å². The van der Waals surface area contributed by atoms with Crippen molar-refractivity contribution in [3.8, 4) is 0 Å². The van der Waals surface area contributed by atoms with Gasteiger partial charge < -0.3 is 4.74 Å². The molecular weight excluding hydrogens is 204 g/mol. The van der Waals surface area contributed by atoms with Crippen molar-refractivity contribution >= 4 is 25.7 Å². The highest BCUT2D eigenvalue weighted by Gasteiger charge is 2.55. The Balaban J connectivity index is 3.00.